The maximum absolute atomic E-state index is 15.2. The van der Waals surface area contributed by atoms with E-state index < -0.39 is 0 Å². The van der Waals surface area contributed by atoms with Gasteiger partial charge in [-0.2, -0.15) is 0 Å². The van der Waals surface area contributed by atoms with Crippen LogP contribution in [0.2, 0.25) is 0 Å². The van der Waals surface area contributed by atoms with Crippen molar-refractivity contribution >= 4 is 39.0 Å². The first-order valence-electron chi connectivity index (χ1n) is 19.1. The quantitative estimate of drug-likeness (QED) is 0.186. The van der Waals surface area contributed by atoms with E-state index in [-0.39, 0.29) is 14.1 Å². The van der Waals surface area contributed by atoms with E-state index in [1.807, 2.05) is 57.6 Å². The van der Waals surface area contributed by atoms with Gasteiger partial charge in [0, 0.05) is 67.1 Å². The molecule has 9 rings (SSSR count). The van der Waals surface area contributed by atoms with E-state index in [1.165, 1.54) is 49.7 Å². The van der Waals surface area contributed by atoms with Crippen molar-refractivity contribution in [3.63, 3.8) is 0 Å². The van der Waals surface area contributed by atoms with Crippen LogP contribution in [0.25, 0.3) is 38.8 Å². The first-order valence-corrected chi connectivity index (χ1v) is 19.1. The Labute approximate surface area is 309 Å². The number of aryl methyl sites for hydroxylation is 1. The third-order valence-corrected chi connectivity index (χ3v) is 11.3. The molecular formula is C44H54FN7. The number of nitrogens with one attached hydrogen (secondary N) is 1. The number of aliphatic imine (C=N–C) groups is 1. The number of nitrogens with zero attached hydrogens (tertiary/aromatic N) is 6. The highest BCUT2D eigenvalue weighted by atomic mass is 19.1. The van der Waals surface area contributed by atoms with Crippen molar-refractivity contribution in [2.45, 2.75) is 105 Å². The fraction of sp³-hybridized carbons (Fsp3) is 0.386. The molecule has 0 radical (unpaired) electrons. The first kappa shape index (κ1) is 35.4. The lowest BCUT2D eigenvalue weighted by molar-refractivity contribution is 0.342. The topological polar surface area (TPSA) is 84.6 Å². The molecule has 1 fully saturated rings. The number of imidazole rings is 1. The molecule has 1 atom stereocenters. The summed E-state index contributed by atoms with van der Waals surface area (Å²) in [4.78, 5) is 26.0. The summed E-state index contributed by atoms with van der Waals surface area (Å²) < 4.78 is 17.4. The van der Waals surface area contributed by atoms with Gasteiger partial charge in [0.2, 0.25) is 0 Å². The maximum Gasteiger partial charge on any atom is 0.149 e. The fourth-order valence-corrected chi connectivity index (χ4v) is 8.63. The minimum Gasteiger partial charge on any atom is -0.346 e. The number of hydrogen-bond donors (Lipinski definition) is 1. The van der Waals surface area contributed by atoms with Gasteiger partial charge in [-0.25, -0.2) is 14.4 Å². The molecule has 6 aromatic rings. The Bertz CT molecular complexity index is 2310. The molecule has 3 aliphatic rings. The number of rotatable bonds is 4. The normalized spacial score (nSPS) is 18.2. The highest BCUT2D eigenvalue weighted by Crippen LogP contribution is 2.51. The summed E-state index contributed by atoms with van der Waals surface area (Å²) in [6.07, 6.45) is 18.1. The minimum atomic E-state index is -0.220. The lowest BCUT2D eigenvalue weighted by Gasteiger charge is -2.35. The van der Waals surface area contributed by atoms with Crippen LogP contribution in [-0.2, 0) is 11.8 Å². The number of pyridine rings is 3. The van der Waals surface area contributed by atoms with E-state index in [0.717, 1.165) is 68.1 Å². The largest absolute Gasteiger partial charge is 0.346 e. The number of benzene rings is 1. The molecule has 2 aliphatic carbocycles. The van der Waals surface area contributed by atoms with Gasteiger partial charge in [0.1, 0.15) is 28.5 Å². The van der Waals surface area contributed by atoms with Crippen molar-refractivity contribution in [1.82, 2.24) is 29.5 Å². The number of aromatic amines is 1. The Hall–Kier alpha value is -4.98. The van der Waals surface area contributed by atoms with Crippen molar-refractivity contribution in [2.75, 3.05) is 0 Å². The minimum absolute atomic E-state index is 0. The van der Waals surface area contributed by atoms with Gasteiger partial charge in [-0.15, -0.1) is 0 Å². The highest BCUT2D eigenvalue weighted by Gasteiger charge is 2.44. The second-order valence-electron chi connectivity index (χ2n) is 14.5. The van der Waals surface area contributed by atoms with E-state index in [9.17, 15) is 0 Å². The number of hydrogen-bond acceptors (Lipinski definition) is 5. The van der Waals surface area contributed by atoms with E-state index in [1.54, 1.807) is 12.3 Å². The molecule has 1 aliphatic heterocycles. The van der Waals surface area contributed by atoms with Gasteiger partial charge in [0.05, 0.1) is 23.1 Å². The molecule has 1 unspecified atom stereocenters. The molecule has 1 N–H and O–H groups in total. The molecule has 0 spiro atoms. The smallest absolute Gasteiger partial charge is 0.149 e. The summed E-state index contributed by atoms with van der Waals surface area (Å²) in [6, 6.07) is 14.4. The predicted molar refractivity (Wildman–Crippen MR) is 216 cm³/mol. The monoisotopic (exact) mass is 699 g/mol. The van der Waals surface area contributed by atoms with Crippen LogP contribution in [0.15, 0.2) is 78.3 Å². The Kier molecular flexibility index (Phi) is 9.92. The molecule has 272 valence electrons. The van der Waals surface area contributed by atoms with Crippen LogP contribution in [-0.4, -0.2) is 35.2 Å². The van der Waals surface area contributed by atoms with Gasteiger partial charge < -0.3 is 9.55 Å². The van der Waals surface area contributed by atoms with Crippen molar-refractivity contribution < 1.29 is 7.24 Å². The van der Waals surface area contributed by atoms with Gasteiger partial charge >= 0.3 is 0 Å². The van der Waals surface area contributed by atoms with Gasteiger partial charge in [0.15, 0.2) is 0 Å². The number of aromatic nitrogens is 6. The molecule has 7 nitrogen and oxygen atoms in total. The molecular weight excluding hydrogens is 646 g/mol. The van der Waals surface area contributed by atoms with E-state index in [0.29, 0.717) is 17.6 Å². The summed E-state index contributed by atoms with van der Waals surface area (Å²) in [5.41, 5.74) is 11.8. The summed E-state index contributed by atoms with van der Waals surface area (Å²) in [6.45, 7) is 14.8. The lowest BCUT2D eigenvalue weighted by Crippen LogP contribution is -2.36. The van der Waals surface area contributed by atoms with Gasteiger partial charge in [-0.05, 0) is 101 Å². The van der Waals surface area contributed by atoms with Crippen LogP contribution in [0.3, 0.4) is 0 Å². The Morgan fingerprint density at radius 1 is 0.942 bits per heavy atom. The molecule has 5 aromatic heterocycles. The molecule has 52 heavy (non-hydrogen) atoms. The molecule has 1 saturated carbocycles. The maximum atomic E-state index is 15.2. The van der Waals surface area contributed by atoms with Crippen LogP contribution >= 0.6 is 0 Å². The molecule has 6 heterocycles. The summed E-state index contributed by atoms with van der Waals surface area (Å²) in [7, 11) is 0. The lowest BCUT2D eigenvalue weighted by atomic mass is 9.66. The second-order valence-corrected chi connectivity index (χ2v) is 14.5. The standard InChI is InChI=1S/C24H26FN3.C18H18N4.C2H6.2H2/c1-15-24(2,17-8-5-3-4-6-9-17)20-12-16(13-21(25)22(20)28-15)19-14-27-23-18(19)10-7-11-26-23;1-11(2)22-12(3)21-17-10-20-16(9-18(17)22)14-6-7-15-13(14)5-4-8-19-15;1-2;;/h7,10-14,17H,3-6,8-9H2,1-2H3,(H,26,27);4-6,8-11H,7H2,1-3H3;1-2H3;2*1H. The van der Waals surface area contributed by atoms with Crippen molar-refractivity contribution in [3.8, 4) is 11.1 Å². The van der Waals surface area contributed by atoms with Gasteiger partial charge in [0.25, 0.3) is 0 Å². The molecule has 0 bridgehead atoms. The fourth-order valence-electron chi connectivity index (χ4n) is 8.63. The predicted octanol–water partition coefficient (Wildman–Crippen LogP) is 11.9. The summed E-state index contributed by atoms with van der Waals surface area (Å²) >= 11 is 0. The third-order valence-electron chi connectivity index (χ3n) is 11.3. The SMILES string of the molecule is CC.CC1=Nc2c(F)cc(-c3c[nH]c4ncccc34)cc2C1(C)C1CCCCCC1.Cc1nc2cnc(C3=CCc4ncccc43)cc2n1C(C)C.[HH].[HH]. The second kappa shape index (κ2) is 14.6. The first-order chi connectivity index (χ1) is 25.2. The van der Waals surface area contributed by atoms with Crippen LogP contribution < -0.4 is 0 Å². The molecule has 0 saturated heterocycles. The van der Waals surface area contributed by atoms with Crippen molar-refractivity contribution in [1.29, 1.82) is 0 Å². The average molecular weight is 700 g/mol. The zero-order chi connectivity index (χ0) is 36.6. The van der Waals surface area contributed by atoms with Crippen LogP contribution in [0.4, 0.5) is 10.1 Å². The number of allylic oxidation sites excluding steroid dienone is 1. The van der Waals surface area contributed by atoms with Crippen LogP contribution in [0, 0.1) is 18.7 Å². The van der Waals surface area contributed by atoms with E-state index >= 15 is 4.39 Å². The van der Waals surface area contributed by atoms with Gasteiger partial charge in [-0.3, -0.25) is 15.0 Å². The number of H-pyrrole nitrogens is 1. The van der Waals surface area contributed by atoms with Crippen molar-refractivity contribution in [2.24, 2.45) is 10.9 Å². The Balaban J connectivity index is 0.000000196. The van der Waals surface area contributed by atoms with E-state index in [4.69, 9.17) is 4.99 Å². The molecule has 1 aromatic carbocycles. The van der Waals surface area contributed by atoms with E-state index in [2.05, 4.69) is 81.5 Å². The van der Waals surface area contributed by atoms with Crippen LogP contribution in [0.5, 0.6) is 0 Å². The third kappa shape index (κ3) is 6.16. The molecule has 0 amide bonds. The average Bonchev–Trinajstić information content (AvgIpc) is 3.87. The van der Waals surface area contributed by atoms with Gasteiger partial charge in [-0.1, -0.05) is 51.7 Å². The number of halogens is 1. The Morgan fingerprint density at radius 3 is 2.46 bits per heavy atom. The summed E-state index contributed by atoms with van der Waals surface area (Å²) in [5.74, 6) is 1.34. The summed E-state index contributed by atoms with van der Waals surface area (Å²) in [5, 5.41) is 1.02. The zero-order valence-corrected chi connectivity index (χ0v) is 31.6. The number of fused-ring (bicyclic) bond motifs is 4. The Morgan fingerprint density at radius 2 is 1.69 bits per heavy atom. The highest BCUT2D eigenvalue weighted by molar-refractivity contribution is 6.02. The molecule has 8 heteroatoms. The van der Waals surface area contributed by atoms with Crippen molar-refractivity contribution in [3.05, 3.63) is 107 Å². The van der Waals surface area contributed by atoms with Crippen LogP contribution in [0.1, 0.15) is 117 Å². The zero-order valence-electron chi connectivity index (χ0n) is 31.6.